The van der Waals surface area contributed by atoms with Crippen molar-refractivity contribution in [3.05, 3.63) is 23.0 Å². The highest BCUT2D eigenvalue weighted by molar-refractivity contribution is 7.14. The molecule has 84 valence electrons. The first-order valence-corrected chi connectivity index (χ1v) is 5.40. The van der Waals surface area contributed by atoms with Crippen LogP contribution in [0.1, 0.15) is 16.2 Å². The van der Waals surface area contributed by atoms with Crippen molar-refractivity contribution in [2.24, 2.45) is 7.05 Å². The molecule has 0 atom stereocenters. The maximum atomic E-state index is 10.6. The van der Waals surface area contributed by atoms with Crippen molar-refractivity contribution in [2.75, 3.05) is 5.32 Å². The summed E-state index contributed by atoms with van der Waals surface area (Å²) < 4.78 is 1.68. The first-order valence-electron chi connectivity index (χ1n) is 4.52. The molecule has 0 aromatic carbocycles. The minimum absolute atomic E-state index is 0.0500. The minimum atomic E-state index is -1.02. The molecule has 7 heteroatoms. The predicted molar refractivity (Wildman–Crippen MR) is 60.3 cm³/mol. The third kappa shape index (κ3) is 2.03. The predicted octanol–water partition coefficient (Wildman–Crippen LogP) is 1.63. The second-order valence-electron chi connectivity index (χ2n) is 3.27. The van der Waals surface area contributed by atoms with Gasteiger partial charge in [0.05, 0.1) is 11.4 Å². The molecule has 0 saturated heterocycles. The molecular formula is C9H10N4O2S. The molecule has 0 bridgehead atoms. The molecule has 16 heavy (non-hydrogen) atoms. The summed E-state index contributed by atoms with van der Waals surface area (Å²) in [5.74, 6) is -1.02. The number of hydrogen-bond donors (Lipinski definition) is 2. The Bertz CT molecular complexity index is 531. The lowest BCUT2D eigenvalue weighted by Crippen LogP contribution is -1.97. The molecule has 2 N–H and O–H groups in total. The Balaban J connectivity index is 2.20. The number of nitrogens with zero attached hydrogens (tertiary/aromatic N) is 3. The summed E-state index contributed by atoms with van der Waals surface area (Å²) in [6.07, 6.45) is 1.82. The number of nitrogens with one attached hydrogen (secondary N) is 1. The van der Waals surface area contributed by atoms with Crippen LogP contribution in [0.2, 0.25) is 0 Å². The molecule has 0 unspecified atom stereocenters. The second kappa shape index (κ2) is 3.93. The number of carboxylic acids is 1. The van der Waals surface area contributed by atoms with Gasteiger partial charge in [-0.05, 0) is 6.92 Å². The van der Waals surface area contributed by atoms with E-state index in [1.807, 2.05) is 20.2 Å². The van der Waals surface area contributed by atoms with Crippen molar-refractivity contribution >= 4 is 28.1 Å². The molecule has 2 rings (SSSR count). The van der Waals surface area contributed by atoms with Crippen molar-refractivity contribution in [3.63, 3.8) is 0 Å². The number of aryl methyl sites for hydroxylation is 2. The molecule has 2 aromatic heterocycles. The first-order chi connectivity index (χ1) is 7.56. The molecule has 0 fully saturated rings. The van der Waals surface area contributed by atoms with E-state index in [0.717, 1.165) is 11.4 Å². The third-order valence-corrected chi connectivity index (χ3v) is 2.74. The van der Waals surface area contributed by atoms with Crippen LogP contribution in [-0.4, -0.2) is 25.8 Å². The molecule has 6 nitrogen and oxygen atoms in total. The van der Waals surface area contributed by atoms with Crippen LogP contribution in [0.25, 0.3) is 0 Å². The highest BCUT2D eigenvalue weighted by Crippen LogP contribution is 2.22. The molecule has 0 aliphatic carbocycles. The Kier molecular flexibility index (Phi) is 2.61. The number of carboxylic acid groups (broad SMARTS) is 1. The van der Waals surface area contributed by atoms with Gasteiger partial charge in [0.2, 0.25) is 0 Å². The largest absolute Gasteiger partial charge is 0.476 e. The van der Waals surface area contributed by atoms with Crippen molar-refractivity contribution in [2.45, 2.75) is 6.92 Å². The fraction of sp³-hybridized carbons (Fsp3) is 0.222. The third-order valence-electron chi connectivity index (χ3n) is 1.98. The number of hydrogen-bond acceptors (Lipinski definition) is 5. The Hall–Kier alpha value is -1.89. The van der Waals surface area contributed by atoms with Gasteiger partial charge in [0.1, 0.15) is 0 Å². The van der Waals surface area contributed by atoms with Gasteiger partial charge in [-0.3, -0.25) is 4.68 Å². The summed E-state index contributed by atoms with van der Waals surface area (Å²) in [6, 6.07) is 0. The van der Waals surface area contributed by atoms with E-state index in [1.54, 1.807) is 4.68 Å². The van der Waals surface area contributed by atoms with E-state index in [-0.39, 0.29) is 5.69 Å². The van der Waals surface area contributed by atoms with E-state index in [0.29, 0.717) is 5.13 Å². The summed E-state index contributed by atoms with van der Waals surface area (Å²) in [6.45, 7) is 1.87. The fourth-order valence-electron chi connectivity index (χ4n) is 1.27. The molecule has 0 radical (unpaired) electrons. The number of aromatic carboxylic acids is 1. The molecule has 0 saturated carbocycles. The van der Waals surface area contributed by atoms with E-state index < -0.39 is 5.97 Å². The molecule has 2 heterocycles. The molecular weight excluding hydrogens is 228 g/mol. The van der Waals surface area contributed by atoms with Crippen LogP contribution in [-0.2, 0) is 7.05 Å². The van der Waals surface area contributed by atoms with E-state index in [2.05, 4.69) is 15.4 Å². The normalized spacial score (nSPS) is 10.4. The van der Waals surface area contributed by atoms with E-state index in [1.165, 1.54) is 16.7 Å². The first kappa shape index (κ1) is 10.6. The lowest BCUT2D eigenvalue weighted by molar-refractivity contribution is 0.0691. The van der Waals surface area contributed by atoms with Gasteiger partial charge in [-0.2, -0.15) is 5.10 Å². The van der Waals surface area contributed by atoms with Crippen molar-refractivity contribution < 1.29 is 9.90 Å². The Labute approximate surface area is 95.6 Å². The van der Waals surface area contributed by atoms with Crippen molar-refractivity contribution in [1.29, 1.82) is 0 Å². The maximum Gasteiger partial charge on any atom is 0.355 e. The Morgan fingerprint density at radius 3 is 2.88 bits per heavy atom. The van der Waals surface area contributed by atoms with E-state index >= 15 is 0 Å². The van der Waals surface area contributed by atoms with Gasteiger partial charge < -0.3 is 10.4 Å². The Morgan fingerprint density at radius 1 is 1.62 bits per heavy atom. The van der Waals surface area contributed by atoms with E-state index in [9.17, 15) is 4.79 Å². The zero-order chi connectivity index (χ0) is 11.7. The standard InChI is InChI=1S/C9H10N4O2S/c1-5-6(3-13(2)12-5)10-9-11-7(4-16-9)8(14)15/h3-4H,1-2H3,(H,10,11)(H,14,15). The van der Waals surface area contributed by atoms with Gasteiger partial charge in [-0.1, -0.05) is 0 Å². The average Bonchev–Trinajstić information content (AvgIpc) is 2.75. The highest BCUT2D eigenvalue weighted by Gasteiger charge is 2.10. The monoisotopic (exact) mass is 238 g/mol. The highest BCUT2D eigenvalue weighted by atomic mass is 32.1. The van der Waals surface area contributed by atoms with Gasteiger partial charge in [-0.15, -0.1) is 11.3 Å². The van der Waals surface area contributed by atoms with Crippen LogP contribution in [0.5, 0.6) is 0 Å². The number of thiazole rings is 1. The number of carbonyl (C=O) groups is 1. The number of anilines is 2. The molecule has 0 aliphatic rings. The van der Waals surface area contributed by atoms with Gasteiger partial charge in [0.25, 0.3) is 0 Å². The van der Waals surface area contributed by atoms with Gasteiger partial charge in [0.15, 0.2) is 10.8 Å². The number of aromatic nitrogens is 3. The Morgan fingerprint density at radius 2 is 2.38 bits per heavy atom. The zero-order valence-electron chi connectivity index (χ0n) is 8.76. The van der Waals surface area contributed by atoms with Gasteiger partial charge in [0, 0.05) is 18.6 Å². The van der Waals surface area contributed by atoms with Crippen LogP contribution in [0.15, 0.2) is 11.6 Å². The molecule has 0 aliphatic heterocycles. The van der Waals surface area contributed by atoms with Crippen LogP contribution >= 0.6 is 11.3 Å². The topological polar surface area (TPSA) is 80.0 Å². The lowest BCUT2D eigenvalue weighted by atomic mass is 10.4. The van der Waals surface area contributed by atoms with Gasteiger partial charge >= 0.3 is 5.97 Å². The fourth-order valence-corrected chi connectivity index (χ4v) is 1.96. The summed E-state index contributed by atoms with van der Waals surface area (Å²) >= 11 is 1.25. The summed E-state index contributed by atoms with van der Waals surface area (Å²) in [5, 5.41) is 18.0. The zero-order valence-corrected chi connectivity index (χ0v) is 9.58. The SMILES string of the molecule is Cc1nn(C)cc1Nc1nc(C(=O)O)cs1. The van der Waals surface area contributed by atoms with Gasteiger partial charge in [-0.25, -0.2) is 9.78 Å². The van der Waals surface area contributed by atoms with Crippen LogP contribution in [0, 0.1) is 6.92 Å². The minimum Gasteiger partial charge on any atom is -0.476 e. The average molecular weight is 238 g/mol. The van der Waals surface area contributed by atoms with Crippen LogP contribution < -0.4 is 5.32 Å². The second-order valence-corrected chi connectivity index (χ2v) is 4.13. The smallest absolute Gasteiger partial charge is 0.355 e. The summed E-state index contributed by atoms with van der Waals surface area (Å²) in [7, 11) is 1.82. The molecule has 2 aromatic rings. The van der Waals surface area contributed by atoms with Crippen molar-refractivity contribution in [1.82, 2.24) is 14.8 Å². The van der Waals surface area contributed by atoms with Crippen LogP contribution in [0.3, 0.4) is 0 Å². The maximum absolute atomic E-state index is 10.6. The summed E-state index contributed by atoms with van der Waals surface area (Å²) in [4.78, 5) is 14.6. The quantitative estimate of drug-likeness (QED) is 0.849. The molecule has 0 amide bonds. The number of rotatable bonds is 3. The molecule has 0 spiro atoms. The van der Waals surface area contributed by atoms with Crippen molar-refractivity contribution in [3.8, 4) is 0 Å². The lowest BCUT2D eigenvalue weighted by Gasteiger charge is -1.97. The van der Waals surface area contributed by atoms with E-state index in [4.69, 9.17) is 5.11 Å². The van der Waals surface area contributed by atoms with Crippen LogP contribution in [0.4, 0.5) is 10.8 Å². The summed E-state index contributed by atoms with van der Waals surface area (Å²) in [5.41, 5.74) is 1.72.